The minimum absolute atomic E-state index is 0. The molecule has 8 heteroatoms. The molecule has 6 nitrogen and oxygen atoms in total. The van der Waals surface area contributed by atoms with E-state index in [4.69, 9.17) is 28.5 Å². The zero-order valence-corrected chi connectivity index (χ0v) is 12.5. The molecule has 1 aliphatic heterocycles. The van der Waals surface area contributed by atoms with E-state index in [0.29, 0.717) is 13.1 Å². The Balaban J connectivity index is 0.00000200. The number of anilines is 1. The van der Waals surface area contributed by atoms with Crippen LogP contribution in [0, 0.1) is 5.41 Å². The summed E-state index contributed by atoms with van der Waals surface area (Å²) in [6, 6.07) is 7.77. The maximum atomic E-state index is 7.76. The Morgan fingerprint density at radius 2 is 1.85 bits per heavy atom. The van der Waals surface area contributed by atoms with Gasteiger partial charge in [0.25, 0.3) is 0 Å². The molecule has 0 bridgehead atoms. The predicted molar refractivity (Wildman–Crippen MR) is 86.0 cm³/mol. The van der Waals surface area contributed by atoms with Gasteiger partial charge in [-0.1, -0.05) is 17.7 Å². The van der Waals surface area contributed by atoms with Gasteiger partial charge in [0.05, 0.1) is 0 Å². The van der Waals surface area contributed by atoms with Crippen LogP contribution in [0.2, 0.25) is 5.02 Å². The van der Waals surface area contributed by atoms with Crippen molar-refractivity contribution < 1.29 is 0 Å². The van der Waals surface area contributed by atoms with E-state index in [1.165, 1.54) is 0 Å². The topological polar surface area (TPSA) is 94.7 Å². The molecule has 1 saturated heterocycles. The molecular formula is C12H18Cl2N6. The Hall–Kier alpha value is -1.66. The standard InChI is InChI=1S/C12H17ClN6.ClH/c13-9-2-1-3-10(8-9)18-4-6-19(7-5-18)12(16)17-11(14)15;/h1-3,8H,4-7H2,(H5,14,15,16,17);1H. The lowest BCUT2D eigenvalue weighted by molar-refractivity contribution is 0.380. The summed E-state index contributed by atoms with van der Waals surface area (Å²) in [4.78, 5) is 7.83. The number of aliphatic imine (C=N–C) groups is 1. The number of halogens is 2. The Morgan fingerprint density at radius 3 is 2.40 bits per heavy atom. The average molecular weight is 317 g/mol. The maximum absolute atomic E-state index is 7.76. The minimum atomic E-state index is -0.0812. The third-order valence-electron chi connectivity index (χ3n) is 2.99. The van der Waals surface area contributed by atoms with Crippen LogP contribution in [0.25, 0.3) is 0 Å². The molecular weight excluding hydrogens is 299 g/mol. The Morgan fingerprint density at radius 1 is 1.20 bits per heavy atom. The number of rotatable bonds is 1. The molecule has 1 heterocycles. The summed E-state index contributed by atoms with van der Waals surface area (Å²) in [5.74, 6) is 0.0352. The number of piperazine rings is 1. The van der Waals surface area contributed by atoms with Crippen molar-refractivity contribution in [1.82, 2.24) is 4.90 Å². The van der Waals surface area contributed by atoms with E-state index in [9.17, 15) is 0 Å². The number of benzene rings is 1. The highest BCUT2D eigenvalue weighted by Gasteiger charge is 2.19. The van der Waals surface area contributed by atoms with Crippen LogP contribution in [0.3, 0.4) is 0 Å². The highest BCUT2D eigenvalue weighted by molar-refractivity contribution is 6.30. The molecule has 1 fully saturated rings. The van der Waals surface area contributed by atoms with Crippen LogP contribution in [0.5, 0.6) is 0 Å². The summed E-state index contributed by atoms with van der Waals surface area (Å²) < 4.78 is 0. The molecule has 110 valence electrons. The van der Waals surface area contributed by atoms with Crippen LogP contribution in [0.1, 0.15) is 0 Å². The van der Waals surface area contributed by atoms with Gasteiger partial charge in [-0.25, -0.2) is 0 Å². The fourth-order valence-corrected chi connectivity index (χ4v) is 2.23. The molecule has 0 aliphatic carbocycles. The van der Waals surface area contributed by atoms with Crippen molar-refractivity contribution in [2.75, 3.05) is 31.1 Å². The molecule has 0 amide bonds. The van der Waals surface area contributed by atoms with Crippen molar-refractivity contribution >= 4 is 41.6 Å². The van der Waals surface area contributed by atoms with Crippen molar-refractivity contribution in [3.8, 4) is 0 Å². The van der Waals surface area contributed by atoms with E-state index in [2.05, 4.69) is 9.89 Å². The average Bonchev–Trinajstić information content (AvgIpc) is 2.38. The lowest BCUT2D eigenvalue weighted by atomic mass is 10.2. The van der Waals surface area contributed by atoms with E-state index in [1.54, 1.807) is 0 Å². The van der Waals surface area contributed by atoms with Gasteiger partial charge in [0.1, 0.15) is 0 Å². The van der Waals surface area contributed by atoms with Crippen molar-refractivity contribution in [3.63, 3.8) is 0 Å². The van der Waals surface area contributed by atoms with Crippen LogP contribution in [-0.4, -0.2) is 43.0 Å². The quantitative estimate of drug-likeness (QED) is 0.534. The van der Waals surface area contributed by atoms with Crippen LogP contribution < -0.4 is 16.4 Å². The number of guanidine groups is 2. The summed E-state index contributed by atoms with van der Waals surface area (Å²) in [5.41, 5.74) is 11.6. The zero-order valence-electron chi connectivity index (χ0n) is 10.9. The second-order valence-electron chi connectivity index (χ2n) is 4.31. The Labute approximate surface area is 129 Å². The van der Waals surface area contributed by atoms with Crippen molar-refractivity contribution in [2.24, 2.45) is 16.5 Å². The summed E-state index contributed by atoms with van der Waals surface area (Å²) in [6.45, 7) is 3.04. The molecule has 0 unspecified atom stereocenters. The second kappa shape index (κ2) is 7.21. The first kappa shape index (κ1) is 16.4. The normalized spacial score (nSPS) is 14.4. The second-order valence-corrected chi connectivity index (χ2v) is 4.75. The molecule has 0 spiro atoms. The molecule has 0 aromatic heterocycles. The summed E-state index contributed by atoms with van der Waals surface area (Å²) >= 11 is 5.98. The fraction of sp³-hybridized carbons (Fsp3) is 0.333. The number of hydrogen-bond donors (Lipinski definition) is 3. The number of nitrogens with zero attached hydrogens (tertiary/aromatic N) is 3. The fourth-order valence-electron chi connectivity index (χ4n) is 2.04. The lowest BCUT2D eigenvalue weighted by Gasteiger charge is -2.36. The van der Waals surface area contributed by atoms with Gasteiger partial charge in [-0.2, -0.15) is 4.99 Å². The molecule has 20 heavy (non-hydrogen) atoms. The van der Waals surface area contributed by atoms with Gasteiger partial charge >= 0.3 is 0 Å². The van der Waals surface area contributed by atoms with Crippen molar-refractivity contribution in [1.29, 1.82) is 5.41 Å². The molecule has 1 aliphatic rings. The van der Waals surface area contributed by atoms with Crippen LogP contribution >= 0.6 is 24.0 Å². The summed E-state index contributed by atoms with van der Waals surface area (Å²) in [6.07, 6.45) is 0. The molecule has 2 rings (SSSR count). The molecule has 5 N–H and O–H groups in total. The van der Waals surface area contributed by atoms with Gasteiger partial charge in [-0.15, -0.1) is 12.4 Å². The van der Waals surface area contributed by atoms with Gasteiger partial charge in [0.2, 0.25) is 5.96 Å². The minimum Gasteiger partial charge on any atom is -0.370 e. The van der Waals surface area contributed by atoms with Crippen LogP contribution in [0.15, 0.2) is 29.3 Å². The van der Waals surface area contributed by atoms with E-state index in [-0.39, 0.29) is 24.3 Å². The third kappa shape index (κ3) is 4.18. The molecule has 0 saturated carbocycles. The molecule has 0 atom stereocenters. The third-order valence-corrected chi connectivity index (χ3v) is 3.22. The molecule has 0 radical (unpaired) electrons. The SMILES string of the molecule is Cl.N=C(N=C(N)N)N1CCN(c2cccc(Cl)c2)CC1. The largest absolute Gasteiger partial charge is 0.370 e. The van der Waals surface area contributed by atoms with Crippen LogP contribution in [0.4, 0.5) is 5.69 Å². The summed E-state index contributed by atoms with van der Waals surface area (Å²) in [7, 11) is 0. The number of nitrogens with one attached hydrogen (secondary N) is 1. The van der Waals surface area contributed by atoms with Gasteiger partial charge in [0.15, 0.2) is 5.96 Å². The molecule has 1 aromatic rings. The maximum Gasteiger partial charge on any atom is 0.221 e. The zero-order chi connectivity index (χ0) is 13.8. The Bertz CT molecular complexity index is 492. The van der Waals surface area contributed by atoms with E-state index < -0.39 is 0 Å². The van der Waals surface area contributed by atoms with Crippen molar-refractivity contribution in [3.05, 3.63) is 29.3 Å². The van der Waals surface area contributed by atoms with Gasteiger partial charge in [0, 0.05) is 36.9 Å². The first-order chi connectivity index (χ1) is 9.06. The highest BCUT2D eigenvalue weighted by Crippen LogP contribution is 2.20. The predicted octanol–water partition coefficient (Wildman–Crippen LogP) is 1.09. The van der Waals surface area contributed by atoms with Gasteiger partial charge in [-0.05, 0) is 18.2 Å². The van der Waals surface area contributed by atoms with Gasteiger partial charge in [-0.3, -0.25) is 5.41 Å². The van der Waals surface area contributed by atoms with E-state index in [0.717, 1.165) is 23.8 Å². The van der Waals surface area contributed by atoms with Gasteiger partial charge < -0.3 is 21.3 Å². The van der Waals surface area contributed by atoms with Crippen molar-refractivity contribution in [2.45, 2.75) is 0 Å². The lowest BCUT2D eigenvalue weighted by Crippen LogP contribution is -2.48. The highest BCUT2D eigenvalue weighted by atomic mass is 35.5. The van der Waals surface area contributed by atoms with E-state index in [1.807, 2.05) is 29.2 Å². The van der Waals surface area contributed by atoms with Crippen LogP contribution in [-0.2, 0) is 0 Å². The summed E-state index contributed by atoms with van der Waals surface area (Å²) in [5, 5.41) is 8.49. The molecule has 1 aromatic carbocycles. The smallest absolute Gasteiger partial charge is 0.221 e. The number of hydrogen-bond acceptors (Lipinski definition) is 2. The van der Waals surface area contributed by atoms with E-state index >= 15 is 0 Å². The monoisotopic (exact) mass is 316 g/mol. The Kier molecular flexibility index (Phi) is 5.91. The first-order valence-electron chi connectivity index (χ1n) is 6.00. The first-order valence-corrected chi connectivity index (χ1v) is 6.38. The number of nitrogens with two attached hydrogens (primary N) is 2.